The van der Waals surface area contributed by atoms with Crippen LogP contribution < -0.4 is 85.9 Å². The number of aliphatic hydroxyl groups is 1. The van der Waals surface area contributed by atoms with Gasteiger partial charge in [-0.05, 0) is 242 Å². The number of benzene rings is 1. The Kier molecular flexibility index (Phi) is 40.0. The van der Waals surface area contributed by atoms with E-state index in [1.54, 1.807) is 0 Å². The number of carbonyl (C=O) groups excluding carboxylic acids is 14. The molecule has 0 radical (unpaired) electrons. The Hall–Kier alpha value is -7.88. The van der Waals surface area contributed by atoms with Crippen molar-refractivity contribution in [3.8, 4) is 0 Å². The zero-order valence-electron chi connectivity index (χ0n) is 79.4. The maximum Gasteiger partial charge on any atom is 0.305 e. The van der Waals surface area contributed by atoms with Crippen molar-refractivity contribution in [1.82, 2.24) is 84.2 Å². The van der Waals surface area contributed by atoms with E-state index < -0.39 is 186 Å². The van der Waals surface area contributed by atoms with Gasteiger partial charge in [0.1, 0.15) is 72.5 Å². The van der Waals surface area contributed by atoms with Gasteiger partial charge in [0.25, 0.3) is 0 Å². The summed E-state index contributed by atoms with van der Waals surface area (Å²) in [6.07, 6.45) is 15.4. The van der Waals surface area contributed by atoms with Crippen molar-refractivity contribution in [2.75, 3.05) is 63.7 Å². The number of carboxylic acids is 1. The van der Waals surface area contributed by atoms with Gasteiger partial charge in [-0.2, -0.15) is 35.3 Å². The minimum atomic E-state index is -1.86. The Morgan fingerprint density at radius 3 is 1.85 bits per heavy atom. The first-order chi connectivity index (χ1) is 63.6. The highest BCUT2D eigenvalue weighted by Crippen LogP contribution is 2.58. The molecular formula is C95H152N18O17S3. The fourth-order valence-electron chi connectivity index (χ4n) is 23.1. The molecular weight excluding hydrogens is 1760 g/mol. The molecule has 35 nitrogen and oxygen atoms in total. The van der Waals surface area contributed by atoms with Crippen LogP contribution in [0.25, 0.3) is 0 Å². The monoisotopic (exact) mass is 1910 g/mol. The van der Waals surface area contributed by atoms with Crippen LogP contribution in [0.15, 0.2) is 0 Å². The second kappa shape index (κ2) is 50.4. The highest BCUT2D eigenvalue weighted by Gasteiger charge is 2.52. The number of aliphatic hydroxyl groups excluding tert-OH is 1. The van der Waals surface area contributed by atoms with E-state index in [0.29, 0.717) is 76.9 Å². The number of aliphatic carboxylic acids is 1. The molecule has 5 saturated carbocycles. The predicted molar refractivity (Wildman–Crippen MR) is 510 cm³/mol. The standard InChI is InChI=1S/C95H152N18O17S3/c1-9-20-69(102-56(6)114)85(121)111-78-50-133-47-66-54(4)64-45-131-48-76(83(97)119)109-91(127)79-27-19-34-113(79)94(130)75(35-58-28-30-61(115)31-29-58)108-87(123)72(38-60-43-98-51-101-60)106-89(125)74(40-82(117)118)107-86(122)71(37-59-42-99-68-25-14-13-23-62(59)68)105-88(124)73(39-63-52(2)41-95(7)32-17-15-24-67(63)95)103-81(116)44-100-84(120)70(26-16-18-33-96)104-90(126)77(49-132-46-65(53(64)3)55(66)5)110-92(128)80(112(8)93(78)129)36-57-21-11-10-12-22-57/h52,57-63,67-80,98-99,101,115H,9-51,96H2,1-8H3,(H2,97,119)(H,100,120)(H,102,114)(H,103,116)(H,104,126)(H,105,124)(H,106,125)(H,107,122)(H,108,123)(H,109,127)(H,110,128)(H,111,121)(H,117,118)/t52?,58?,59?,60?,61?,62?,63?,67?,68?,69-,70-,71-,72-,73-,74-,75-,76-,77-,78-,79-,80-,95?/m0/s1. The van der Waals surface area contributed by atoms with Crippen molar-refractivity contribution in [3.05, 3.63) is 33.4 Å². The summed E-state index contributed by atoms with van der Waals surface area (Å²) in [5.74, 6) is -11.1. The number of likely N-dealkylation sites (N-methyl/N-ethyl adjacent to an activating group) is 1. The molecule has 4 bridgehead atoms. The number of rotatable bonds is 22. The lowest BCUT2D eigenvalue weighted by Gasteiger charge is -2.39. The Morgan fingerprint density at radius 2 is 1.20 bits per heavy atom. The van der Waals surface area contributed by atoms with Gasteiger partial charge in [0.2, 0.25) is 82.7 Å². The van der Waals surface area contributed by atoms with Crippen LogP contribution in [0.2, 0.25) is 0 Å². The summed E-state index contributed by atoms with van der Waals surface area (Å²) >= 11 is 4.08. The molecule has 3 saturated heterocycles. The fraction of sp³-hybridized carbons (Fsp3) is 0.779. The number of nitrogens with zero attached hydrogens (tertiary/aromatic N) is 2. The summed E-state index contributed by atoms with van der Waals surface area (Å²) in [6, 6.07) is -16.3. The largest absolute Gasteiger partial charge is 0.481 e. The zero-order valence-corrected chi connectivity index (χ0v) is 81.8. The van der Waals surface area contributed by atoms with Gasteiger partial charge in [-0.25, -0.2) is 0 Å². The highest BCUT2D eigenvalue weighted by atomic mass is 32.2. The van der Waals surface area contributed by atoms with Crippen LogP contribution in [0.4, 0.5) is 0 Å². The fourth-order valence-corrected chi connectivity index (χ4v) is 26.8. The topological polar surface area (TPSA) is 523 Å². The van der Waals surface area contributed by atoms with Crippen LogP contribution in [-0.2, 0) is 89.2 Å². The lowest BCUT2D eigenvalue weighted by molar-refractivity contribution is -0.143. The molecule has 10 aliphatic rings. The number of hydrogen-bond donors (Lipinski definition) is 18. The number of nitrogens with one attached hydrogen (secondary N) is 14. The molecule has 8 fully saturated rings. The number of fused-ring (bicyclic) bond motifs is 8. The number of hydrogen-bond acceptors (Lipinski definition) is 23. The molecule has 20 atom stereocenters. The Morgan fingerprint density at radius 1 is 0.594 bits per heavy atom. The maximum absolute atomic E-state index is 15.9. The van der Waals surface area contributed by atoms with Gasteiger partial charge in [-0.1, -0.05) is 85.0 Å². The van der Waals surface area contributed by atoms with Gasteiger partial charge in [0.05, 0.1) is 19.1 Å². The van der Waals surface area contributed by atoms with Crippen LogP contribution in [-0.4, -0.2) is 263 Å². The van der Waals surface area contributed by atoms with Gasteiger partial charge in [0.15, 0.2) is 0 Å². The van der Waals surface area contributed by atoms with Crippen molar-refractivity contribution in [3.63, 3.8) is 0 Å². The van der Waals surface area contributed by atoms with Crippen LogP contribution >= 0.6 is 35.3 Å². The smallest absolute Gasteiger partial charge is 0.305 e. The number of amides is 14. The summed E-state index contributed by atoms with van der Waals surface area (Å²) in [5, 5.41) is 63.3. The van der Waals surface area contributed by atoms with Crippen molar-refractivity contribution < 1.29 is 82.1 Å². The van der Waals surface area contributed by atoms with Crippen LogP contribution in [0.5, 0.6) is 0 Å². The second-order valence-electron chi connectivity index (χ2n) is 40.1. The number of carbonyl (C=O) groups is 15. The maximum atomic E-state index is 15.9. The molecule has 11 rings (SSSR count). The molecule has 14 amide bonds. The van der Waals surface area contributed by atoms with Gasteiger partial charge in [-0.15, -0.1) is 0 Å². The lowest BCUT2D eigenvalue weighted by atomic mass is 9.67. The summed E-state index contributed by atoms with van der Waals surface area (Å²) in [4.78, 5) is 227. The van der Waals surface area contributed by atoms with Crippen molar-refractivity contribution in [2.24, 2.45) is 58.3 Å². The Balaban J connectivity index is 0.986. The van der Waals surface area contributed by atoms with E-state index in [9.17, 15) is 29.4 Å². The van der Waals surface area contributed by atoms with E-state index in [0.717, 1.165) is 123 Å². The normalized spacial score (nSPS) is 32.8. The highest BCUT2D eigenvalue weighted by molar-refractivity contribution is 7.99. The van der Waals surface area contributed by atoms with Crippen molar-refractivity contribution in [1.29, 1.82) is 0 Å². The summed E-state index contributed by atoms with van der Waals surface area (Å²) in [6.45, 7) is 14.3. The molecule has 133 heavy (non-hydrogen) atoms. The average Bonchev–Trinajstić information content (AvgIpc) is 1.65. The van der Waals surface area contributed by atoms with E-state index in [2.05, 4.69) is 88.3 Å². The van der Waals surface area contributed by atoms with Gasteiger partial charge in [0, 0.05) is 80.3 Å². The average molecular weight is 1910 g/mol. The third-order valence-electron chi connectivity index (χ3n) is 30.6. The Bertz CT molecular complexity index is 4270. The number of carboxylic acid groups (broad SMARTS) is 1. The molecule has 0 spiro atoms. The zero-order chi connectivity index (χ0) is 95.9. The lowest BCUT2D eigenvalue weighted by Crippen LogP contribution is -2.61. The first-order valence-electron chi connectivity index (χ1n) is 49.4. The van der Waals surface area contributed by atoms with E-state index in [4.69, 9.17) is 11.5 Å². The first kappa shape index (κ1) is 106. The van der Waals surface area contributed by atoms with Crippen molar-refractivity contribution in [2.45, 2.75) is 355 Å². The van der Waals surface area contributed by atoms with E-state index >= 15 is 52.7 Å². The molecule has 38 heteroatoms. The van der Waals surface area contributed by atoms with Crippen molar-refractivity contribution >= 4 is 124 Å². The van der Waals surface area contributed by atoms with Crippen LogP contribution in [0.3, 0.4) is 0 Å². The number of nitrogens with two attached hydrogens (primary N) is 2. The summed E-state index contributed by atoms with van der Waals surface area (Å²) in [7, 11) is 1.52. The number of thioether (sulfide) groups is 3. The molecule has 1 aromatic rings. The van der Waals surface area contributed by atoms with Gasteiger partial charge >= 0.3 is 5.97 Å². The summed E-state index contributed by atoms with van der Waals surface area (Å²) < 4.78 is 0. The molecule has 8 unspecified atom stereocenters. The molecule has 20 N–H and O–H groups in total. The SMILES string of the molecule is CCC[C@H](NC(C)=O)C(=O)N[C@H]1CSCc2c(C)c3c(C)c(c2C)CSC[C@H](NC(=O)[C@H](CC2CCCCC2)N(C)C1=O)C(=O)N[C@@H](CCCCN)C(=O)NCC(=O)N[C@@H](CC1C(C)CC2(C)CCCCC12)C(=O)N[C@@H](CC1CNC2CCCCC12)C(=O)N[C@@H](CC(=O)O)C(=O)N[C@@H](CC1CNCN1)C(=O)N[C@@H](CC1CCC(O)CC1)C(=O)N1CCC[C@H]1C(=O)N[C@H](C(N)=O)CSC3. The van der Waals surface area contributed by atoms with Gasteiger partial charge in [-0.3, -0.25) is 71.9 Å². The minimum Gasteiger partial charge on any atom is -0.481 e. The van der Waals surface area contributed by atoms with Crippen LogP contribution in [0, 0.1) is 67.6 Å². The van der Waals surface area contributed by atoms with Crippen LogP contribution in [0.1, 0.15) is 260 Å². The quantitative estimate of drug-likeness (QED) is 0.0741. The third kappa shape index (κ3) is 28.9. The molecule has 5 aliphatic carbocycles. The molecule has 0 aromatic heterocycles. The van der Waals surface area contributed by atoms with E-state index in [1.807, 2.05) is 27.7 Å². The molecule has 1 aromatic carbocycles. The van der Waals surface area contributed by atoms with E-state index in [1.165, 1.54) is 59.1 Å². The first-order valence-corrected chi connectivity index (χ1v) is 52.8. The third-order valence-corrected chi connectivity index (χ3v) is 33.8. The second-order valence-corrected chi connectivity index (χ2v) is 43.2. The molecule has 5 aliphatic heterocycles. The molecule has 5 heterocycles. The predicted octanol–water partition coefficient (Wildman–Crippen LogP) is 3.26. The number of unbranched alkanes of at least 4 members (excludes halogenated alkanes) is 1. The molecule has 742 valence electrons. The summed E-state index contributed by atoms with van der Waals surface area (Å²) in [5.41, 5.74) is 17.5. The minimum absolute atomic E-state index is 0.00147. The Labute approximate surface area is 796 Å². The van der Waals surface area contributed by atoms with Gasteiger partial charge < -0.3 is 106 Å². The number of primary amides is 1. The van der Waals surface area contributed by atoms with E-state index in [-0.39, 0.29) is 146 Å².